The first-order chi connectivity index (χ1) is 9.34. The average Bonchev–Trinajstić information content (AvgIpc) is 2.71. The minimum Gasteiger partial charge on any atom is -0.381 e. The van der Waals surface area contributed by atoms with Crippen LogP contribution in [0.4, 0.5) is 19.0 Å². The van der Waals surface area contributed by atoms with Crippen molar-refractivity contribution in [2.75, 3.05) is 5.73 Å². The van der Waals surface area contributed by atoms with Gasteiger partial charge in [0.05, 0.1) is 5.56 Å². The Morgan fingerprint density at radius 3 is 2.65 bits per heavy atom. The minimum atomic E-state index is -4.41. The molecule has 0 saturated carbocycles. The molecule has 3 nitrogen and oxygen atoms in total. The summed E-state index contributed by atoms with van der Waals surface area (Å²) in [6, 6.07) is 3.38. The second-order valence-corrected chi connectivity index (χ2v) is 5.17. The normalized spacial score (nSPS) is 11.8. The van der Waals surface area contributed by atoms with Gasteiger partial charge in [0.2, 0.25) is 0 Å². The van der Waals surface area contributed by atoms with Crippen LogP contribution < -0.4 is 5.73 Å². The van der Waals surface area contributed by atoms with Crippen LogP contribution in [0, 0.1) is 0 Å². The van der Waals surface area contributed by atoms with Gasteiger partial charge < -0.3 is 10.3 Å². The van der Waals surface area contributed by atoms with Crippen molar-refractivity contribution in [2.45, 2.75) is 25.9 Å². The summed E-state index contributed by atoms with van der Waals surface area (Å²) in [5, 5.41) is 3.65. The van der Waals surface area contributed by atoms with Crippen LogP contribution >= 0.6 is 15.9 Å². The smallest absolute Gasteiger partial charge is 0.381 e. The Labute approximate surface area is 122 Å². The van der Waals surface area contributed by atoms with Gasteiger partial charge in [0.15, 0.2) is 11.6 Å². The third-order valence-electron chi connectivity index (χ3n) is 2.86. The minimum absolute atomic E-state index is 0.214. The molecule has 0 aliphatic rings. The lowest BCUT2D eigenvalue weighted by atomic mass is 10.0. The van der Waals surface area contributed by atoms with Gasteiger partial charge in [-0.3, -0.25) is 0 Å². The maximum absolute atomic E-state index is 12.8. The third-order valence-corrected chi connectivity index (χ3v) is 3.55. The molecule has 1 aromatic carbocycles. The molecule has 1 aromatic heterocycles. The van der Waals surface area contributed by atoms with Crippen LogP contribution in [0.15, 0.2) is 27.2 Å². The summed E-state index contributed by atoms with van der Waals surface area (Å²) >= 11 is 3.23. The number of halogens is 4. The lowest BCUT2D eigenvalue weighted by Gasteiger charge is -2.10. The second-order valence-electron chi connectivity index (χ2n) is 4.32. The van der Waals surface area contributed by atoms with Crippen molar-refractivity contribution in [3.8, 4) is 11.3 Å². The molecule has 0 atom stereocenters. The topological polar surface area (TPSA) is 52.0 Å². The molecule has 0 fully saturated rings. The van der Waals surface area contributed by atoms with Crippen molar-refractivity contribution >= 4 is 21.7 Å². The fourth-order valence-corrected chi connectivity index (χ4v) is 2.33. The van der Waals surface area contributed by atoms with Gasteiger partial charge >= 0.3 is 6.18 Å². The van der Waals surface area contributed by atoms with E-state index in [4.69, 9.17) is 10.3 Å². The highest BCUT2D eigenvalue weighted by Crippen LogP contribution is 2.38. The molecule has 20 heavy (non-hydrogen) atoms. The molecule has 0 saturated heterocycles. The number of nitrogens with two attached hydrogens (primary N) is 1. The Hall–Kier alpha value is -1.50. The molecule has 0 radical (unpaired) electrons. The number of nitrogens with zero attached hydrogens (tertiary/aromatic N) is 1. The summed E-state index contributed by atoms with van der Waals surface area (Å²) in [6.45, 7) is 1.94. The Kier molecular flexibility index (Phi) is 4.08. The molecule has 1 heterocycles. The SMILES string of the molecule is CCCc1c(N)noc1-c1cc(C(F)(F)F)ccc1Br. The lowest BCUT2D eigenvalue weighted by molar-refractivity contribution is -0.137. The van der Waals surface area contributed by atoms with Crippen molar-refractivity contribution in [3.05, 3.63) is 33.8 Å². The molecule has 2 N–H and O–H groups in total. The molecule has 2 aromatic rings. The number of hydrogen-bond acceptors (Lipinski definition) is 3. The molecule has 0 amide bonds. The van der Waals surface area contributed by atoms with E-state index in [-0.39, 0.29) is 11.6 Å². The second kappa shape index (κ2) is 5.47. The molecule has 0 aliphatic carbocycles. The van der Waals surface area contributed by atoms with Gasteiger partial charge in [0.25, 0.3) is 0 Å². The van der Waals surface area contributed by atoms with Crippen molar-refractivity contribution < 1.29 is 17.7 Å². The van der Waals surface area contributed by atoms with E-state index in [9.17, 15) is 13.2 Å². The summed E-state index contributed by atoms with van der Waals surface area (Å²) in [5.74, 6) is 0.494. The Morgan fingerprint density at radius 1 is 1.35 bits per heavy atom. The average molecular weight is 349 g/mol. The lowest BCUT2D eigenvalue weighted by Crippen LogP contribution is -2.05. The maximum atomic E-state index is 12.8. The van der Waals surface area contributed by atoms with E-state index in [0.29, 0.717) is 22.0 Å². The molecule has 0 bridgehead atoms. The van der Waals surface area contributed by atoms with Crippen LogP contribution in [-0.4, -0.2) is 5.16 Å². The molecule has 0 unspecified atom stereocenters. The summed E-state index contributed by atoms with van der Waals surface area (Å²) in [4.78, 5) is 0. The van der Waals surface area contributed by atoms with Gasteiger partial charge in [-0.1, -0.05) is 34.4 Å². The van der Waals surface area contributed by atoms with E-state index >= 15 is 0 Å². The monoisotopic (exact) mass is 348 g/mol. The van der Waals surface area contributed by atoms with E-state index in [1.54, 1.807) is 0 Å². The van der Waals surface area contributed by atoms with Gasteiger partial charge in [-0.25, -0.2) is 0 Å². The van der Waals surface area contributed by atoms with E-state index < -0.39 is 11.7 Å². The molecule has 108 valence electrons. The Balaban J connectivity index is 2.58. The predicted molar refractivity (Wildman–Crippen MR) is 73.0 cm³/mol. The predicted octanol–water partition coefficient (Wildman–Crippen LogP) is 4.66. The van der Waals surface area contributed by atoms with E-state index in [0.717, 1.165) is 18.6 Å². The molecular formula is C13H12BrF3N2O. The fourth-order valence-electron chi connectivity index (χ4n) is 1.90. The summed E-state index contributed by atoms with van der Waals surface area (Å²) in [6.07, 6.45) is -3.03. The first-order valence-electron chi connectivity index (χ1n) is 5.95. The number of hydrogen-bond donors (Lipinski definition) is 1. The summed E-state index contributed by atoms with van der Waals surface area (Å²) < 4.78 is 44.0. The first-order valence-corrected chi connectivity index (χ1v) is 6.75. The first kappa shape index (κ1) is 14.9. The van der Waals surface area contributed by atoms with Crippen LogP contribution in [0.5, 0.6) is 0 Å². The zero-order valence-electron chi connectivity index (χ0n) is 10.6. The number of aromatic nitrogens is 1. The van der Waals surface area contributed by atoms with Gasteiger partial charge in [-0.05, 0) is 24.6 Å². The standard InChI is InChI=1S/C13H12BrF3N2O/c1-2-3-8-11(20-19-12(8)18)9-6-7(13(15,16)17)4-5-10(9)14/h4-6H,2-3H2,1H3,(H2,18,19). The molecule has 0 spiro atoms. The highest BCUT2D eigenvalue weighted by atomic mass is 79.9. The van der Waals surface area contributed by atoms with E-state index in [2.05, 4.69) is 21.1 Å². The van der Waals surface area contributed by atoms with Gasteiger partial charge in [-0.15, -0.1) is 0 Å². The molecular weight excluding hydrogens is 337 g/mol. The fraction of sp³-hybridized carbons (Fsp3) is 0.308. The highest BCUT2D eigenvalue weighted by molar-refractivity contribution is 9.10. The van der Waals surface area contributed by atoms with Crippen molar-refractivity contribution in [1.82, 2.24) is 5.16 Å². The van der Waals surface area contributed by atoms with Crippen LogP contribution in [0.25, 0.3) is 11.3 Å². The van der Waals surface area contributed by atoms with Crippen LogP contribution in [0.2, 0.25) is 0 Å². The molecule has 7 heteroatoms. The number of alkyl halides is 3. The molecule has 2 rings (SSSR count). The van der Waals surface area contributed by atoms with Crippen molar-refractivity contribution in [1.29, 1.82) is 0 Å². The van der Waals surface area contributed by atoms with Crippen molar-refractivity contribution in [3.63, 3.8) is 0 Å². The zero-order chi connectivity index (χ0) is 14.9. The van der Waals surface area contributed by atoms with Crippen molar-refractivity contribution in [2.24, 2.45) is 0 Å². The largest absolute Gasteiger partial charge is 0.416 e. The summed E-state index contributed by atoms with van der Waals surface area (Å²) in [7, 11) is 0. The number of rotatable bonds is 3. The number of anilines is 1. The number of nitrogen functional groups attached to an aromatic ring is 1. The van der Waals surface area contributed by atoms with E-state index in [1.165, 1.54) is 6.07 Å². The third kappa shape index (κ3) is 2.82. The van der Waals surface area contributed by atoms with Crippen LogP contribution in [0.3, 0.4) is 0 Å². The molecule has 0 aliphatic heterocycles. The number of benzene rings is 1. The Morgan fingerprint density at radius 2 is 2.05 bits per heavy atom. The van der Waals surface area contributed by atoms with Gasteiger partial charge in [0.1, 0.15) is 0 Å². The summed E-state index contributed by atoms with van der Waals surface area (Å²) in [5.41, 5.74) is 5.88. The zero-order valence-corrected chi connectivity index (χ0v) is 12.2. The van der Waals surface area contributed by atoms with Gasteiger partial charge in [0, 0.05) is 15.6 Å². The van der Waals surface area contributed by atoms with Crippen LogP contribution in [0.1, 0.15) is 24.5 Å². The van der Waals surface area contributed by atoms with E-state index in [1.807, 2.05) is 6.92 Å². The highest BCUT2D eigenvalue weighted by Gasteiger charge is 2.31. The quantitative estimate of drug-likeness (QED) is 0.877. The van der Waals surface area contributed by atoms with Crippen LogP contribution in [-0.2, 0) is 12.6 Å². The maximum Gasteiger partial charge on any atom is 0.416 e. The van der Waals surface area contributed by atoms with Gasteiger partial charge in [-0.2, -0.15) is 13.2 Å². The Bertz CT molecular complexity index is 623.